The van der Waals surface area contributed by atoms with Gasteiger partial charge in [-0.05, 0) is 90.8 Å². The number of halogens is 1. The maximum absolute atomic E-state index is 6.52. The van der Waals surface area contributed by atoms with Crippen LogP contribution in [-0.4, -0.2) is 9.97 Å². The molecule has 0 aliphatic heterocycles. The number of nitrogen functional groups attached to an aromatic ring is 1. The smallest absolute Gasteiger partial charge is 0.134 e. The van der Waals surface area contributed by atoms with Gasteiger partial charge in [0.2, 0.25) is 0 Å². The highest BCUT2D eigenvalue weighted by molar-refractivity contribution is 6.31. The SMILES string of the molecule is CCc1c(C)cc(Cl)cc1C1=C(C)CCC=CC=C1c1ccc2ncnc(N)c2c1. The Morgan fingerprint density at radius 1 is 1.10 bits per heavy atom. The summed E-state index contributed by atoms with van der Waals surface area (Å²) in [7, 11) is 0. The van der Waals surface area contributed by atoms with Gasteiger partial charge in [-0.15, -0.1) is 0 Å². The molecule has 3 aromatic rings. The van der Waals surface area contributed by atoms with Gasteiger partial charge in [0, 0.05) is 10.4 Å². The molecule has 4 rings (SSSR count). The Labute approximate surface area is 183 Å². The summed E-state index contributed by atoms with van der Waals surface area (Å²) < 4.78 is 0. The molecular weight excluding hydrogens is 390 g/mol. The first-order valence-electron chi connectivity index (χ1n) is 10.4. The minimum absolute atomic E-state index is 0.499. The summed E-state index contributed by atoms with van der Waals surface area (Å²) >= 11 is 6.52. The quantitative estimate of drug-likeness (QED) is 0.503. The fourth-order valence-electron chi connectivity index (χ4n) is 4.32. The molecule has 3 nitrogen and oxygen atoms in total. The van der Waals surface area contributed by atoms with Gasteiger partial charge < -0.3 is 5.73 Å². The summed E-state index contributed by atoms with van der Waals surface area (Å²) in [6.45, 7) is 6.58. The van der Waals surface area contributed by atoms with Gasteiger partial charge in [-0.3, -0.25) is 0 Å². The van der Waals surface area contributed by atoms with Crippen LogP contribution < -0.4 is 5.73 Å². The lowest BCUT2D eigenvalue weighted by atomic mass is 9.82. The summed E-state index contributed by atoms with van der Waals surface area (Å²) in [5, 5.41) is 1.64. The normalized spacial score (nSPS) is 14.6. The number of nitrogens with zero attached hydrogens (tertiary/aromatic N) is 2. The van der Waals surface area contributed by atoms with Crippen molar-refractivity contribution in [2.45, 2.75) is 40.0 Å². The molecule has 1 aliphatic rings. The highest BCUT2D eigenvalue weighted by Gasteiger charge is 2.19. The van der Waals surface area contributed by atoms with Crippen LogP contribution >= 0.6 is 11.6 Å². The van der Waals surface area contributed by atoms with E-state index in [2.05, 4.69) is 73.2 Å². The van der Waals surface area contributed by atoms with Gasteiger partial charge in [0.05, 0.1) is 5.52 Å². The Morgan fingerprint density at radius 3 is 2.73 bits per heavy atom. The summed E-state index contributed by atoms with van der Waals surface area (Å²) in [5.74, 6) is 0.499. The van der Waals surface area contributed by atoms with E-state index in [9.17, 15) is 0 Å². The van der Waals surface area contributed by atoms with Crippen LogP contribution in [0.4, 0.5) is 5.82 Å². The monoisotopic (exact) mass is 415 g/mol. The van der Waals surface area contributed by atoms with Crippen LogP contribution in [0, 0.1) is 6.92 Å². The van der Waals surface area contributed by atoms with Crippen LogP contribution in [0.15, 0.2) is 60.5 Å². The number of hydrogen-bond donors (Lipinski definition) is 1. The van der Waals surface area contributed by atoms with Gasteiger partial charge in [0.15, 0.2) is 0 Å². The molecule has 0 fully saturated rings. The average Bonchev–Trinajstić information content (AvgIpc) is 2.70. The maximum Gasteiger partial charge on any atom is 0.134 e. The van der Waals surface area contributed by atoms with Crippen molar-refractivity contribution >= 4 is 39.5 Å². The number of aromatic nitrogens is 2. The molecule has 0 atom stereocenters. The van der Waals surface area contributed by atoms with E-state index in [-0.39, 0.29) is 0 Å². The van der Waals surface area contributed by atoms with Crippen molar-refractivity contribution in [3.8, 4) is 0 Å². The highest BCUT2D eigenvalue weighted by atomic mass is 35.5. The molecule has 1 aliphatic carbocycles. The van der Waals surface area contributed by atoms with Gasteiger partial charge in [0.25, 0.3) is 0 Å². The van der Waals surface area contributed by atoms with Crippen LogP contribution in [0.2, 0.25) is 5.02 Å². The Kier molecular flexibility index (Phi) is 5.74. The number of rotatable bonds is 3. The van der Waals surface area contributed by atoms with Crippen LogP contribution in [0.5, 0.6) is 0 Å². The summed E-state index contributed by atoms with van der Waals surface area (Å²) in [6, 6.07) is 10.4. The first kappa shape index (κ1) is 20.4. The molecule has 4 heteroatoms. The third-order valence-electron chi connectivity index (χ3n) is 5.82. The predicted octanol–water partition coefficient (Wildman–Crippen LogP) is 6.94. The molecule has 0 radical (unpaired) electrons. The molecule has 0 bridgehead atoms. The molecule has 0 saturated carbocycles. The van der Waals surface area contributed by atoms with Crippen LogP contribution in [0.25, 0.3) is 22.0 Å². The van der Waals surface area contributed by atoms with E-state index in [0.29, 0.717) is 5.82 Å². The number of allylic oxidation sites excluding steroid dienone is 6. The molecular formula is C26H26ClN3. The number of fused-ring (bicyclic) bond motifs is 1. The average molecular weight is 416 g/mol. The second-order valence-electron chi connectivity index (χ2n) is 7.80. The van der Waals surface area contributed by atoms with E-state index in [1.807, 2.05) is 6.07 Å². The van der Waals surface area contributed by atoms with E-state index >= 15 is 0 Å². The Morgan fingerprint density at radius 2 is 1.93 bits per heavy atom. The molecule has 0 unspecified atom stereocenters. The van der Waals surface area contributed by atoms with E-state index in [0.717, 1.165) is 40.8 Å². The molecule has 30 heavy (non-hydrogen) atoms. The Balaban J connectivity index is 2.00. The van der Waals surface area contributed by atoms with Crippen molar-refractivity contribution in [1.29, 1.82) is 0 Å². The zero-order chi connectivity index (χ0) is 21.3. The van der Waals surface area contributed by atoms with Gasteiger partial charge in [-0.2, -0.15) is 0 Å². The largest absolute Gasteiger partial charge is 0.383 e. The highest BCUT2D eigenvalue weighted by Crippen LogP contribution is 2.40. The maximum atomic E-state index is 6.52. The third kappa shape index (κ3) is 3.78. The fraction of sp³-hybridized carbons (Fsp3) is 0.231. The van der Waals surface area contributed by atoms with Gasteiger partial charge in [-0.1, -0.05) is 48.4 Å². The summed E-state index contributed by atoms with van der Waals surface area (Å²) in [4.78, 5) is 8.52. The van der Waals surface area contributed by atoms with Gasteiger partial charge in [-0.25, -0.2) is 9.97 Å². The van der Waals surface area contributed by atoms with Crippen LogP contribution in [0.3, 0.4) is 0 Å². The van der Waals surface area contributed by atoms with Crippen molar-refractivity contribution in [2.24, 2.45) is 0 Å². The molecule has 0 spiro atoms. The van der Waals surface area contributed by atoms with E-state index in [4.69, 9.17) is 17.3 Å². The zero-order valence-electron chi connectivity index (χ0n) is 17.7. The molecule has 0 amide bonds. The first-order valence-corrected chi connectivity index (χ1v) is 10.7. The van der Waals surface area contributed by atoms with Gasteiger partial charge >= 0.3 is 0 Å². The van der Waals surface area contributed by atoms with Crippen molar-refractivity contribution in [1.82, 2.24) is 9.97 Å². The second-order valence-corrected chi connectivity index (χ2v) is 8.23. The Bertz CT molecular complexity index is 1220. The van der Waals surface area contributed by atoms with E-state index in [1.54, 1.807) is 0 Å². The lowest BCUT2D eigenvalue weighted by Crippen LogP contribution is -2.02. The van der Waals surface area contributed by atoms with Crippen molar-refractivity contribution in [3.63, 3.8) is 0 Å². The summed E-state index contributed by atoms with van der Waals surface area (Å²) in [6.07, 6.45) is 11.1. The van der Waals surface area contributed by atoms with Gasteiger partial charge in [0.1, 0.15) is 12.1 Å². The zero-order valence-corrected chi connectivity index (χ0v) is 18.4. The van der Waals surface area contributed by atoms with Crippen LogP contribution in [0.1, 0.15) is 48.9 Å². The van der Waals surface area contributed by atoms with E-state index < -0.39 is 0 Å². The molecule has 2 aromatic carbocycles. The lowest BCUT2D eigenvalue weighted by molar-refractivity contribution is 0.978. The summed E-state index contributed by atoms with van der Waals surface area (Å²) in [5.41, 5.74) is 15.7. The fourth-order valence-corrected chi connectivity index (χ4v) is 4.60. The first-order chi connectivity index (χ1) is 14.5. The molecule has 1 aromatic heterocycles. The lowest BCUT2D eigenvalue weighted by Gasteiger charge is -2.22. The number of anilines is 1. The number of hydrogen-bond acceptors (Lipinski definition) is 3. The van der Waals surface area contributed by atoms with Crippen molar-refractivity contribution in [3.05, 3.63) is 87.7 Å². The van der Waals surface area contributed by atoms with E-state index in [1.165, 1.54) is 39.7 Å². The molecule has 2 N–H and O–H groups in total. The van der Waals surface area contributed by atoms with Crippen molar-refractivity contribution < 1.29 is 0 Å². The topological polar surface area (TPSA) is 51.8 Å². The molecule has 0 saturated heterocycles. The predicted molar refractivity (Wildman–Crippen MR) is 128 cm³/mol. The number of nitrogens with two attached hydrogens (primary N) is 1. The molecule has 152 valence electrons. The standard InChI is InChI=1S/C26H26ClN3/c1-4-20-17(3)12-19(27)14-22(20)25-16(2)8-6-5-7-9-21(25)18-10-11-24-23(13-18)26(28)30-15-29-24/h5,7,9-15H,4,6,8H2,1-3H3,(H2,28,29,30). The second kappa shape index (κ2) is 8.45. The van der Waals surface area contributed by atoms with Crippen molar-refractivity contribution in [2.75, 3.05) is 5.73 Å². The Hall–Kier alpha value is -2.91. The minimum atomic E-state index is 0.499. The minimum Gasteiger partial charge on any atom is -0.383 e. The number of benzene rings is 2. The molecule has 1 heterocycles. The number of aryl methyl sites for hydroxylation is 1. The third-order valence-corrected chi connectivity index (χ3v) is 6.04. The van der Waals surface area contributed by atoms with Crippen LogP contribution in [-0.2, 0) is 6.42 Å².